The lowest BCUT2D eigenvalue weighted by Crippen LogP contribution is -2.39. The van der Waals surface area contributed by atoms with Crippen molar-refractivity contribution >= 4 is 0 Å². The van der Waals surface area contributed by atoms with E-state index in [-0.39, 0.29) is 0 Å². The molecule has 1 fully saturated rings. The molecule has 0 aliphatic heterocycles. The summed E-state index contributed by atoms with van der Waals surface area (Å²) in [5, 5.41) is 4.63. The molecule has 0 aromatic carbocycles. The summed E-state index contributed by atoms with van der Waals surface area (Å²) < 4.78 is 2.05. The summed E-state index contributed by atoms with van der Waals surface area (Å²) in [6.07, 6.45) is 5.42. The molecule has 1 aliphatic carbocycles. The van der Waals surface area contributed by atoms with Crippen molar-refractivity contribution in [2.24, 2.45) is 17.7 Å². The van der Waals surface area contributed by atoms with Crippen LogP contribution < -0.4 is 11.3 Å². The van der Waals surface area contributed by atoms with Crippen LogP contribution in [0.1, 0.15) is 45.3 Å². The molecule has 4 heteroatoms. The lowest BCUT2D eigenvalue weighted by molar-refractivity contribution is 0.437. The van der Waals surface area contributed by atoms with Crippen LogP contribution >= 0.6 is 0 Å². The average Bonchev–Trinajstić information content (AvgIpc) is 2.89. The zero-order chi connectivity index (χ0) is 12.4. The minimum atomic E-state index is 0.380. The van der Waals surface area contributed by atoms with Gasteiger partial charge in [0.1, 0.15) is 0 Å². The predicted octanol–water partition coefficient (Wildman–Crippen LogP) is 1.88. The van der Waals surface area contributed by atoms with Gasteiger partial charge in [0.15, 0.2) is 0 Å². The Bertz CT molecular complexity index is 360. The summed E-state index contributed by atoms with van der Waals surface area (Å²) in [5.74, 6) is 7.17. The fraction of sp³-hybridized carbons (Fsp3) is 0.769. The molecule has 2 rings (SSSR count). The van der Waals surface area contributed by atoms with Crippen LogP contribution in [0.3, 0.4) is 0 Å². The van der Waals surface area contributed by atoms with Crippen LogP contribution in [0, 0.1) is 11.8 Å². The molecule has 4 unspecified atom stereocenters. The maximum atomic E-state index is 5.63. The molecule has 0 amide bonds. The number of nitrogens with two attached hydrogens (primary N) is 1. The van der Waals surface area contributed by atoms with Crippen molar-refractivity contribution in [2.75, 3.05) is 0 Å². The number of rotatable bonds is 6. The summed E-state index contributed by atoms with van der Waals surface area (Å²) in [6.45, 7) is 6.66. The maximum absolute atomic E-state index is 5.63. The number of nitrogens with one attached hydrogen (secondary N) is 1. The maximum Gasteiger partial charge on any atom is 0.0640 e. The Labute approximate surface area is 104 Å². The highest BCUT2D eigenvalue weighted by atomic mass is 15.3. The van der Waals surface area contributed by atoms with Gasteiger partial charge in [-0.25, -0.2) is 0 Å². The molecule has 17 heavy (non-hydrogen) atoms. The largest absolute Gasteiger partial charge is 0.271 e. The van der Waals surface area contributed by atoms with Crippen LogP contribution in [0.4, 0.5) is 0 Å². The average molecular weight is 236 g/mol. The quantitative estimate of drug-likeness (QED) is 0.586. The number of hydrogen-bond donors (Lipinski definition) is 2. The molecule has 1 aromatic rings. The molecule has 1 aromatic heterocycles. The van der Waals surface area contributed by atoms with Gasteiger partial charge in [-0.05, 0) is 37.7 Å². The van der Waals surface area contributed by atoms with E-state index in [1.54, 1.807) is 0 Å². The van der Waals surface area contributed by atoms with Crippen molar-refractivity contribution in [3.63, 3.8) is 0 Å². The summed E-state index contributed by atoms with van der Waals surface area (Å²) in [6, 6.07) is 2.97. The van der Waals surface area contributed by atoms with Crippen molar-refractivity contribution in [3.8, 4) is 0 Å². The Morgan fingerprint density at radius 1 is 1.65 bits per heavy atom. The van der Waals surface area contributed by atoms with E-state index in [0.29, 0.717) is 12.1 Å². The molecule has 3 N–H and O–H groups in total. The van der Waals surface area contributed by atoms with Gasteiger partial charge in [0.25, 0.3) is 0 Å². The molecule has 0 spiro atoms. The van der Waals surface area contributed by atoms with Gasteiger partial charge in [-0.15, -0.1) is 0 Å². The Morgan fingerprint density at radius 2 is 2.35 bits per heavy atom. The molecule has 0 bridgehead atoms. The molecule has 1 aliphatic rings. The molecule has 0 radical (unpaired) electrons. The molecular weight excluding hydrogens is 212 g/mol. The SMILES string of the molecule is CCC(C)n1ccc(CC(NN)C2CC2C)n1. The van der Waals surface area contributed by atoms with Crippen molar-refractivity contribution in [2.45, 2.75) is 52.1 Å². The highest BCUT2D eigenvalue weighted by molar-refractivity contribution is 5.05. The van der Waals surface area contributed by atoms with Gasteiger partial charge in [-0.3, -0.25) is 16.0 Å². The van der Waals surface area contributed by atoms with Crippen LogP contribution in [-0.4, -0.2) is 15.8 Å². The first kappa shape index (κ1) is 12.6. The fourth-order valence-electron chi connectivity index (χ4n) is 2.39. The Kier molecular flexibility index (Phi) is 3.84. The van der Waals surface area contributed by atoms with E-state index in [4.69, 9.17) is 5.84 Å². The predicted molar refractivity (Wildman–Crippen MR) is 69.3 cm³/mol. The third kappa shape index (κ3) is 2.87. The summed E-state index contributed by atoms with van der Waals surface area (Å²) >= 11 is 0. The lowest BCUT2D eigenvalue weighted by atomic mass is 10.1. The van der Waals surface area contributed by atoms with Gasteiger partial charge in [-0.2, -0.15) is 5.10 Å². The van der Waals surface area contributed by atoms with Gasteiger partial charge < -0.3 is 0 Å². The monoisotopic (exact) mass is 236 g/mol. The highest BCUT2D eigenvalue weighted by Gasteiger charge is 2.39. The van der Waals surface area contributed by atoms with E-state index in [0.717, 1.165) is 30.4 Å². The Balaban J connectivity index is 1.95. The first-order valence-electron chi connectivity index (χ1n) is 6.65. The smallest absolute Gasteiger partial charge is 0.0640 e. The number of aromatic nitrogens is 2. The lowest BCUT2D eigenvalue weighted by Gasteiger charge is -2.14. The van der Waals surface area contributed by atoms with E-state index < -0.39 is 0 Å². The molecule has 1 saturated carbocycles. The van der Waals surface area contributed by atoms with E-state index in [2.05, 4.69) is 48.2 Å². The van der Waals surface area contributed by atoms with E-state index >= 15 is 0 Å². The molecule has 4 atom stereocenters. The van der Waals surface area contributed by atoms with Crippen molar-refractivity contribution in [1.29, 1.82) is 0 Å². The van der Waals surface area contributed by atoms with Crippen LogP contribution in [0.15, 0.2) is 12.3 Å². The third-order valence-corrected chi connectivity index (χ3v) is 4.04. The highest BCUT2D eigenvalue weighted by Crippen LogP contribution is 2.41. The van der Waals surface area contributed by atoms with Crippen molar-refractivity contribution < 1.29 is 0 Å². The second kappa shape index (κ2) is 5.19. The summed E-state index contributed by atoms with van der Waals surface area (Å²) in [5.41, 5.74) is 4.09. The van der Waals surface area contributed by atoms with Gasteiger partial charge in [0.05, 0.1) is 5.69 Å². The molecular formula is C13H24N4. The molecule has 1 heterocycles. The minimum absolute atomic E-state index is 0.380. The minimum Gasteiger partial charge on any atom is -0.271 e. The topological polar surface area (TPSA) is 55.9 Å². The van der Waals surface area contributed by atoms with Crippen LogP contribution in [0.25, 0.3) is 0 Å². The van der Waals surface area contributed by atoms with Gasteiger partial charge in [-0.1, -0.05) is 13.8 Å². The number of hydrogen-bond acceptors (Lipinski definition) is 3. The molecule has 0 saturated heterocycles. The van der Waals surface area contributed by atoms with Crippen molar-refractivity contribution in [1.82, 2.24) is 15.2 Å². The summed E-state index contributed by atoms with van der Waals surface area (Å²) in [7, 11) is 0. The Morgan fingerprint density at radius 3 is 2.88 bits per heavy atom. The number of hydrazine groups is 1. The molecule has 96 valence electrons. The van der Waals surface area contributed by atoms with Crippen LogP contribution in [0.2, 0.25) is 0 Å². The summed E-state index contributed by atoms with van der Waals surface area (Å²) in [4.78, 5) is 0. The van der Waals surface area contributed by atoms with E-state index in [1.165, 1.54) is 6.42 Å². The standard InChI is InChI=1S/C13H24N4/c1-4-10(3)17-6-5-11(16-17)8-13(15-14)12-7-9(12)2/h5-6,9-10,12-13,15H,4,7-8,14H2,1-3H3. The first-order chi connectivity index (χ1) is 8.15. The second-order valence-corrected chi connectivity index (χ2v) is 5.40. The Hall–Kier alpha value is -0.870. The zero-order valence-corrected chi connectivity index (χ0v) is 11.1. The number of nitrogens with zero attached hydrogens (tertiary/aromatic N) is 2. The van der Waals surface area contributed by atoms with Crippen LogP contribution in [-0.2, 0) is 6.42 Å². The second-order valence-electron chi connectivity index (χ2n) is 5.40. The van der Waals surface area contributed by atoms with Crippen LogP contribution in [0.5, 0.6) is 0 Å². The van der Waals surface area contributed by atoms with E-state index in [1.807, 2.05) is 0 Å². The third-order valence-electron chi connectivity index (χ3n) is 4.04. The van der Waals surface area contributed by atoms with Gasteiger partial charge in [0, 0.05) is 24.7 Å². The fourth-order valence-corrected chi connectivity index (χ4v) is 2.39. The first-order valence-corrected chi connectivity index (χ1v) is 6.65. The van der Waals surface area contributed by atoms with Gasteiger partial charge in [0.2, 0.25) is 0 Å². The molecule has 4 nitrogen and oxygen atoms in total. The van der Waals surface area contributed by atoms with Crippen molar-refractivity contribution in [3.05, 3.63) is 18.0 Å². The zero-order valence-electron chi connectivity index (χ0n) is 11.1. The normalized spacial score (nSPS) is 26.8. The van der Waals surface area contributed by atoms with Gasteiger partial charge >= 0.3 is 0 Å². The van der Waals surface area contributed by atoms with E-state index in [9.17, 15) is 0 Å².